The highest BCUT2D eigenvalue weighted by Crippen LogP contribution is 2.20. The monoisotopic (exact) mass is 294 g/mol. The first-order valence-electron chi connectivity index (χ1n) is 7.88. The summed E-state index contributed by atoms with van der Waals surface area (Å²) in [6.07, 6.45) is 0.123. The molecule has 0 aromatic heterocycles. The van der Waals surface area contributed by atoms with E-state index in [4.69, 9.17) is 9.47 Å². The molecule has 1 aromatic rings. The Morgan fingerprint density at radius 1 is 1.05 bits per heavy atom. The summed E-state index contributed by atoms with van der Waals surface area (Å²) in [5, 5.41) is 0. The van der Waals surface area contributed by atoms with Gasteiger partial charge in [0.05, 0.1) is 6.10 Å². The van der Waals surface area contributed by atoms with Gasteiger partial charge in [0, 0.05) is 39.0 Å². The fourth-order valence-electron chi connectivity index (χ4n) is 2.10. The number of hydrogen-bond donors (Lipinski definition) is 0. The highest BCUT2D eigenvalue weighted by Gasteiger charge is 2.14. The Labute approximate surface area is 129 Å². The summed E-state index contributed by atoms with van der Waals surface area (Å²) >= 11 is 0. The van der Waals surface area contributed by atoms with Gasteiger partial charge in [-0.25, -0.2) is 0 Å². The lowest BCUT2D eigenvalue weighted by atomic mass is 10.2. The molecule has 21 heavy (non-hydrogen) atoms. The van der Waals surface area contributed by atoms with E-state index >= 15 is 0 Å². The molecule has 4 heteroatoms. The van der Waals surface area contributed by atoms with Crippen molar-refractivity contribution in [2.24, 2.45) is 0 Å². The molecule has 0 radical (unpaired) electrons. The molecule has 0 saturated carbocycles. The Kier molecular flexibility index (Phi) is 8.16. The molecule has 2 rings (SSSR count). The van der Waals surface area contributed by atoms with Crippen LogP contribution in [0, 0.1) is 0 Å². The van der Waals surface area contributed by atoms with E-state index in [2.05, 4.69) is 29.0 Å². The summed E-state index contributed by atoms with van der Waals surface area (Å²) in [7, 11) is 3.87. The molecule has 1 heterocycles. The number of benzene rings is 1. The molecule has 120 valence electrons. The molecule has 1 aromatic carbocycles. The Balaban J connectivity index is 0.00000106. The van der Waals surface area contributed by atoms with E-state index in [1.807, 2.05) is 32.9 Å². The number of rotatable bonds is 5. The summed E-state index contributed by atoms with van der Waals surface area (Å²) in [5.41, 5.74) is 1.28. The van der Waals surface area contributed by atoms with Crippen molar-refractivity contribution in [3.63, 3.8) is 0 Å². The average Bonchev–Trinajstić information content (AvgIpc) is 2.56. The van der Waals surface area contributed by atoms with E-state index in [9.17, 15) is 0 Å². The number of piperazine rings is 1. The van der Waals surface area contributed by atoms with Gasteiger partial charge in [0.2, 0.25) is 0 Å². The lowest BCUT2D eigenvalue weighted by molar-refractivity contribution is 0.0717. The minimum atomic E-state index is 0.123. The lowest BCUT2D eigenvalue weighted by Gasteiger charge is -2.34. The molecule has 1 aliphatic rings. The predicted octanol–water partition coefficient (Wildman–Crippen LogP) is 2.88. The number of hydrogen-bond acceptors (Lipinski definition) is 4. The van der Waals surface area contributed by atoms with Gasteiger partial charge in [-0.15, -0.1) is 0 Å². The van der Waals surface area contributed by atoms with Crippen LogP contribution >= 0.6 is 0 Å². The van der Waals surface area contributed by atoms with E-state index in [-0.39, 0.29) is 6.10 Å². The summed E-state index contributed by atoms with van der Waals surface area (Å²) in [4.78, 5) is 4.78. The first kappa shape index (κ1) is 17.8. The van der Waals surface area contributed by atoms with Crippen LogP contribution in [0.2, 0.25) is 0 Å². The van der Waals surface area contributed by atoms with Gasteiger partial charge in [-0.1, -0.05) is 13.8 Å². The van der Waals surface area contributed by atoms with E-state index in [1.165, 1.54) is 5.69 Å². The third-order valence-corrected chi connectivity index (χ3v) is 3.59. The summed E-state index contributed by atoms with van der Waals surface area (Å²) in [6, 6.07) is 8.35. The van der Waals surface area contributed by atoms with Crippen molar-refractivity contribution in [2.75, 3.05) is 51.8 Å². The largest absolute Gasteiger partial charge is 0.491 e. The van der Waals surface area contributed by atoms with E-state index in [1.54, 1.807) is 7.11 Å². The number of ether oxygens (including phenoxy) is 2. The van der Waals surface area contributed by atoms with Gasteiger partial charge in [0.1, 0.15) is 12.4 Å². The van der Waals surface area contributed by atoms with Gasteiger partial charge in [-0.2, -0.15) is 0 Å². The second-order valence-corrected chi connectivity index (χ2v) is 5.14. The van der Waals surface area contributed by atoms with Crippen molar-refractivity contribution in [1.82, 2.24) is 4.90 Å². The van der Waals surface area contributed by atoms with Crippen LogP contribution in [0.5, 0.6) is 5.75 Å². The highest BCUT2D eigenvalue weighted by molar-refractivity contribution is 5.49. The predicted molar refractivity (Wildman–Crippen MR) is 89.5 cm³/mol. The third kappa shape index (κ3) is 5.94. The van der Waals surface area contributed by atoms with Crippen LogP contribution < -0.4 is 9.64 Å². The maximum Gasteiger partial charge on any atom is 0.119 e. The molecule has 0 N–H and O–H groups in total. The standard InChI is InChI=1S/C15H24N2O2.C2H6/c1-13(18-3)12-19-15-6-4-14(5-7-15)17-10-8-16(2)9-11-17;1-2/h4-7,13H,8-12H2,1-3H3;1-2H3. The van der Waals surface area contributed by atoms with Crippen molar-refractivity contribution in [3.05, 3.63) is 24.3 Å². The smallest absolute Gasteiger partial charge is 0.119 e. The Hall–Kier alpha value is -1.26. The van der Waals surface area contributed by atoms with Gasteiger partial charge >= 0.3 is 0 Å². The van der Waals surface area contributed by atoms with E-state index in [0.717, 1.165) is 31.9 Å². The SMILES string of the molecule is CC.COC(C)COc1ccc(N2CCN(C)CC2)cc1. The van der Waals surface area contributed by atoms with Gasteiger partial charge in [0.15, 0.2) is 0 Å². The molecule has 0 amide bonds. The number of likely N-dealkylation sites (N-methyl/N-ethyl adjacent to an activating group) is 1. The third-order valence-electron chi connectivity index (χ3n) is 3.59. The van der Waals surface area contributed by atoms with Crippen LogP contribution in [0.4, 0.5) is 5.69 Å². The fraction of sp³-hybridized carbons (Fsp3) is 0.647. The number of anilines is 1. The van der Waals surface area contributed by atoms with E-state index < -0.39 is 0 Å². The highest BCUT2D eigenvalue weighted by atomic mass is 16.5. The van der Waals surface area contributed by atoms with Crippen LogP contribution in [0.25, 0.3) is 0 Å². The van der Waals surface area contributed by atoms with Crippen molar-refractivity contribution in [3.8, 4) is 5.75 Å². The van der Waals surface area contributed by atoms with Crippen LogP contribution in [-0.2, 0) is 4.74 Å². The molecule has 1 aliphatic heterocycles. The molecule has 0 spiro atoms. The minimum Gasteiger partial charge on any atom is -0.491 e. The molecule has 0 bridgehead atoms. The molecule has 1 unspecified atom stereocenters. The summed E-state index contributed by atoms with van der Waals surface area (Å²) in [5.74, 6) is 0.904. The topological polar surface area (TPSA) is 24.9 Å². The van der Waals surface area contributed by atoms with Crippen molar-refractivity contribution < 1.29 is 9.47 Å². The van der Waals surface area contributed by atoms with E-state index in [0.29, 0.717) is 6.61 Å². The van der Waals surface area contributed by atoms with Crippen LogP contribution in [0.3, 0.4) is 0 Å². The first-order chi connectivity index (χ1) is 10.2. The Morgan fingerprint density at radius 3 is 2.14 bits per heavy atom. The zero-order valence-corrected chi connectivity index (χ0v) is 14.1. The minimum absolute atomic E-state index is 0.123. The normalized spacial score (nSPS) is 16.9. The Morgan fingerprint density at radius 2 is 1.62 bits per heavy atom. The zero-order valence-electron chi connectivity index (χ0n) is 14.1. The Bertz CT molecular complexity index is 373. The number of nitrogens with zero attached hydrogens (tertiary/aromatic N) is 2. The second kappa shape index (κ2) is 9.64. The fourth-order valence-corrected chi connectivity index (χ4v) is 2.10. The van der Waals surface area contributed by atoms with Crippen LogP contribution in [0.1, 0.15) is 20.8 Å². The van der Waals surface area contributed by atoms with Crippen LogP contribution in [-0.4, -0.2) is 57.9 Å². The molecule has 0 aliphatic carbocycles. The quantitative estimate of drug-likeness (QED) is 0.833. The van der Waals surface area contributed by atoms with Crippen LogP contribution in [0.15, 0.2) is 24.3 Å². The zero-order chi connectivity index (χ0) is 15.7. The maximum absolute atomic E-state index is 5.67. The van der Waals surface area contributed by atoms with Gasteiger partial charge in [-0.3, -0.25) is 0 Å². The molecule has 1 saturated heterocycles. The molecule has 1 fully saturated rings. The van der Waals surface area contributed by atoms with Crippen molar-refractivity contribution in [2.45, 2.75) is 26.9 Å². The van der Waals surface area contributed by atoms with Gasteiger partial charge in [-0.05, 0) is 38.2 Å². The summed E-state index contributed by atoms with van der Waals surface area (Å²) in [6.45, 7) is 11.0. The first-order valence-corrected chi connectivity index (χ1v) is 7.88. The molecule has 4 nitrogen and oxygen atoms in total. The molecular weight excluding hydrogens is 264 g/mol. The lowest BCUT2D eigenvalue weighted by Crippen LogP contribution is -2.44. The van der Waals surface area contributed by atoms with Gasteiger partial charge in [0.25, 0.3) is 0 Å². The molecular formula is C17H30N2O2. The van der Waals surface area contributed by atoms with Crippen molar-refractivity contribution >= 4 is 5.69 Å². The number of methoxy groups -OCH3 is 1. The maximum atomic E-state index is 5.67. The molecule has 1 atom stereocenters. The second-order valence-electron chi connectivity index (χ2n) is 5.14. The van der Waals surface area contributed by atoms with Gasteiger partial charge < -0.3 is 19.3 Å². The van der Waals surface area contributed by atoms with Crippen molar-refractivity contribution in [1.29, 1.82) is 0 Å². The average molecular weight is 294 g/mol. The summed E-state index contributed by atoms with van der Waals surface area (Å²) < 4.78 is 10.8.